The molecule has 0 radical (unpaired) electrons. The molecule has 8 heteroatoms. The molecule has 132 valence electrons. The van der Waals surface area contributed by atoms with E-state index in [-0.39, 0.29) is 23.9 Å². The SMILES string of the molecule is CCNC(=O)NC(=O)[C@@H](C)N1CCC(NC(=O)c2cccs2)CC1. The fraction of sp³-hybridized carbons (Fsp3) is 0.562. The average molecular weight is 352 g/mol. The Morgan fingerprint density at radius 3 is 2.62 bits per heavy atom. The molecule has 1 saturated heterocycles. The summed E-state index contributed by atoms with van der Waals surface area (Å²) in [7, 11) is 0. The second-order valence-electron chi connectivity index (χ2n) is 5.79. The summed E-state index contributed by atoms with van der Waals surface area (Å²) < 4.78 is 0. The monoisotopic (exact) mass is 352 g/mol. The Balaban J connectivity index is 1.76. The summed E-state index contributed by atoms with van der Waals surface area (Å²) in [5, 5.41) is 9.80. The Labute approximate surface area is 145 Å². The van der Waals surface area contributed by atoms with Gasteiger partial charge >= 0.3 is 6.03 Å². The number of hydrogen-bond acceptors (Lipinski definition) is 5. The summed E-state index contributed by atoms with van der Waals surface area (Å²) >= 11 is 1.43. The van der Waals surface area contributed by atoms with Crippen LogP contribution in [0.15, 0.2) is 17.5 Å². The van der Waals surface area contributed by atoms with Gasteiger partial charge in [0.1, 0.15) is 0 Å². The highest BCUT2D eigenvalue weighted by Gasteiger charge is 2.28. The van der Waals surface area contributed by atoms with Gasteiger partial charge in [0.05, 0.1) is 10.9 Å². The van der Waals surface area contributed by atoms with Gasteiger partial charge in [-0.1, -0.05) is 6.07 Å². The van der Waals surface area contributed by atoms with E-state index in [4.69, 9.17) is 0 Å². The zero-order valence-electron chi connectivity index (χ0n) is 14.0. The average Bonchev–Trinajstić information content (AvgIpc) is 3.09. The molecule has 3 N–H and O–H groups in total. The smallest absolute Gasteiger partial charge is 0.321 e. The van der Waals surface area contributed by atoms with E-state index >= 15 is 0 Å². The van der Waals surface area contributed by atoms with E-state index in [1.54, 1.807) is 13.8 Å². The molecular weight excluding hydrogens is 328 g/mol. The maximum absolute atomic E-state index is 12.1. The standard InChI is InChI=1S/C16H24N4O3S/c1-3-17-16(23)19-14(21)11(2)20-8-6-12(7-9-20)18-15(22)13-5-4-10-24-13/h4-5,10-12H,3,6-9H2,1-2H3,(H,18,22)(H2,17,19,21,23)/t11-/m1/s1. The van der Waals surface area contributed by atoms with E-state index in [9.17, 15) is 14.4 Å². The third kappa shape index (κ3) is 5.04. The van der Waals surface area contributed by atoms with Gasteiger partial charge in [-0.25, -0.2) is 4.79 Å². The minimum atomic E-state index is -0.465. The third-order valence-corrected chi connectivity index (χ3v) is 4.98. The largest absolute Gasteiger partial charge is 0.349 e. The number of carbonyl (C=O) groups is 3. The van der Waals surface area contributed by atoms with Crippen molar-refractivity contribution >= 4 is 29.2 Å². The molecule has 2 heterocycles. The number of likely N-dealkylation sites (tertiary alicyclic amines) is 1. The number of piperidine rings is 1. The fourth-order valence-electron chi connectivity index (χ4n) is 2.68. The van der Waals surface area contributed by atoms with Crippen molar-refractivity contribution in [1.82, 2.24) is 20.9 Å². The first-order chi connectivity index (χ1) is 11.5. The van der Waals surface area contributed by atoms with Crippen molar-refractivity contribution in [3.8, 4) is 0 Å². The number of nitrogens with zero attached hydrogens (tertiary/aromatic N) is 1. The summed E-state index contributed by atoms with van der Waals surface area (Å²) in [5.74, 6) is -0.340. The lowest BCUT2D eigenvalue weighted by molar-refractivity contribution is -0.125. The number of urea groups is 1. The Morgan fingerprint density at radius 2 is 2.04 bits per heavy atom. The Hall–Kier alpha value is -1.93. The molecule has 1 aromatic rings. The Bertz CT molecular complexity index is 568. The van der Waals surface area contributed by atoms with Gasteiger partial charge in [0.25, 0.3) is 5.91 Å². The van der Waals surface area contributed by atoms with Crippen LogP contribution in [0.5, 0.6) is 0 Å². The minimum Gasteiger partial charge on any atom is -0.349 e. The second kappa shape index (κ2) is 8.79. The van der Waals surface area contributed by atoms with Gasteiger partial charge < -0.3 is 10.6 Å². The van der Waals surface area contributed by atoms with Crippen molar-refractivity contribution in [1.29, 1.82) is 0 Å². The van der Waals surface area contributed by atoms with E-state index in [1.807, 2.05) is 22.4 Å². The molecule has 0 aromatic carbocycles. The summed E-state index contributed by atoms with van der Waals surface area (Å²) in [6.45, 7) is 5.48. The van der Waals surface area contributed by atoms with Crippen LogP contribution in [-0.2, 0) is 4.79 Å². The quantitative estimate of drug-likeness (QED) is 0.742. The molecule has 1 aliphatic heterocycles. The van der Waals surface area contributed by atoms with Crippen LogP contribution in [0.25, 0.3) is 0 Å². The molecule has 1 aromatic heterocycles. The zero-order chi connectivity index (χ0) is 17.5. The van der Waals surface area contributed by atoms with Crippen LogP contribution in [0, 0.1) is 0 Å². The first kappa shape index (κ1) is 18.4. The van der Waals surface area contributed by atoms with E-state index in [0.717, 1.165) is 12.8 Å². The molecule has 0 unspecified atom stereocenters. The highest BCUT2D eigenvalue weighted by molar-refractivity contribution is 7.12. The fourth-order valence-corrected chi connectivity index (χ4v) is 3.31. The van der Waals surface area contributed by atoms with Gasteiger partial charge in [0.15, 0.2) is 0 Å². The van der Waals surface area contributed by atoms with Crippen LogP contribution < -0.4 is 16.0 Å². The molecule has 0 aliphatic carbocycles. The topological polar surface area (TPSA) is 90.5 Å². The number of carbonyl (C=O) groups excluding carboxylic acids is 3. The van der Waals surface area contributed by atoms with Crippen molar-refractivity contribution in [2.45, 2.75) is 38.8 Å². The number of nitrogens with one attached hydrogen (secondary N) is 3. The van der Waals surface area contributed by atoms with Crippen LogP contribution >= 0.6 is 11.3 Å². The highest BCUT2D eigenvalue weighted by Crippen LogP contribution is 2.15. The summed E-state index contributed by atoms with van der Waals surface area (Å²) in [5.41, 5.74) is 0. The lowest BCUT2D eigenvalue weighted by Gasteiger charge is -2.35. The predicted octanol–water partition coefficient (Wildman–Crippen LogP) is 1.18. The third-order valence-electron chi connectivity index (χ3n) is 4.11. The second-order valence-corrected chi connectivity index (χ2v) is 6.73. The van der Waals surface area contributed by atoms with Gasteiger partial charge in [-0.2, -0.15) is 0 Å². The number of hydrogen-bond donors (Lipinski definition) is 3. The molecule has 1 aliphatic rings. The number of rotatable bonds is 5. The van der Waals surface area contributed by atoms with E-state index in [1.165, 1.54) is 11.3 Å². The summed E-state index contributed by atoms with van der Waals surface area (Å²) in [6, 6.07) is 2.95. The maximum Gasteiger partial charge on any atom is 0.321 e. The summed E-state index contributed by atoms with van der Waals surface area (Å²) in [6.07, 6.45) is 1.58. The maximum atomic E-state index is 12.1. The number of amides is 4. The normalized spacial score (nSPS) is 17.1. The zero-order valence-corrected chi connectivity index (χ0v) is 14.8. The van der Waals surface area contributed by atoms with Gasteiger partial charge in [0, 0.05) is 25.7 Å². The molecule has 4 amide bonds. The molecule has 1 atom stereocenters. The lowest BCUT2D eigenvalue weighted by Crippen LogP contribution is -2.53. The number of imide groups is 1. The van der Waals surface area contributed by atoms with E-state index in [2.05, 4.69) is 16.0 Å². The highest BCUT2D eigenvalue weighted by atomic mass is 32.1. The molecule has 24 heavy (non-hydrogen) atoms. The van der Waals surface area contributed by atoms with E-state index in [0.29, 0.717) is 24.5 Å². The van der Waals surface area contributed by atoms with Gasteiger partial charge in [-0.15, -0.1) is 11.3 Å². The van der Waals surface area contributed by atoms with E-state index < -0.39 is 6.03 Å². The Morgan fingerprint density at radius 1 is 1.33 bits per heavy atom. The number of thiophene rings is 1. The lowest BCUT2D eigenvalue weighted by atomic mass is 10.0. The van der Waals surface area contributed by atoms with Crippen LogP contribution in [0.2, 0.25) is 0 Å². The van der Waals surface area contributed by atoms with Crippen LogP contribution in [0.4, 0.5) is 4.79 Å². The van der Waals surface area contributed by atoms with Crippen LogP contribution in [0.3, 0.4) is 0 Å². The van der Waals surface area contributed by atoms with Gasteiger partial charge in [-0.05, 0) is 38.1 Å². The molecular formula is C16H24N4O3S. The first-order valence-electron chi connectivity index (χ1n) is 8.18. The molecule has 0 saturated carbocycles. The molecule has 0 bridgehead atoms. The predicted molar refractivity (Wildman–Crippen MR) is 93.1 cm³/mol. The van der Waals surface area contributed by atoms with Crippen molar-refractivity contribution in [3.63, 3.8) is 0 Å². The molecule has 0 spiro atoms. The van der Waals surface area contributed by atoms with Crippen LogP contribution in [-0.4, -0.2) is 54.5 Å². The van der Waals surface area contributed by atoms with Crippen LogP contribution in [0.1, 0.15) is 36.4 Å². The van der Waals surface area contributed by atoms with Crippen molar-refractivity contribution in [2.75, 3.05) is 19.6 Å². The minimum absolute atomic E-state index is 0.0366. The van der Waals surface area contributed by atoms with Gasteiger partial charge in [0.2, 0.25) is 5.91 Å². The first-order valence-corrected chi connectivity index (χ1v) is 9.06. The summed E-state index contributed by atoms with van der Waals surface area (Å²) in [4.78, 5) is 38.3. The van der Waals surface area contributed by atoms with Crippen molar-refractivity contribution in [2.24, 2.45) is 0 Å². The molecule has 7 nitrogen and oxygen atoms in total. The molecule has 2 rings (SSSR count). The molecule has 1 fully saturated rings. The van der Waals surface area contributed by atoms with Gasteiger partial charge in [-0.3, -0.25) is 19.8 Å². The van der Waals surface area contributed by atoms with Crippen molar-refractivity contribution < 1.29 is 14.4 Å². The van der Waals surface area contributed by atoms with Crippen molar-refractivity contribution in [3.05, 3.63) is 22.4 Å². The Kier molecular flexibility index (Phi) is 6.74.